The van der Waals surface area contributed by atoms with Gasteiger partial charge in [-0.05, 0) is 47.6 Å². The molecule has 1 aromatic heterocycles. The average molecular weight is 323 g/mol. The van der Waals surface area contributed by atoms with Crippen LogP contribution in [0, 0.1) is 35.5 Å². The Bertz CT molecular complexity index is 1010. The van der Waals surface area contributed by atoms with E-state index in [-0.39, 0.29) is 23.0 Å². The van der Waals surface area contributed by atoms with E-state index in [4.69, 9.17) is 4.74 Å². The van der Waals surface area contributed by atoms with Gasteiger partial charge >= 0.3 is 11.4 Å². The topological polar surface area (TPSA) is 58.2 Å². The minimum atomic E-state index is -0.273. The van der Waals surface area contributed by atoms with Gasteiger partial charge in [-0.2, -0.15) is 0 Å². The van der Waals surface area contributed by atoms with Crippen molar-refractivity contribution in [1.82, 2.24) is 13.9 Å². The molecule has 2 aromatic rings. The van der Waals surface area contributed by atoms with Crippen LogP contribution in [0.2, 0.25) is 0 Å². The van der Waals surface area contributed by atoms with Crippen molar-refractivity contribution in [1.29, 1.82) is 0 Å². The zero-order chi connectivity index (χ0) is 16.0. The summed E-state index contributed by atoms with van der Waals surface area (Å²) in [5.41, 5.74) is 0.0171. The molecule has 3 heterocycles. The highest BCUT2D eigenvalue weighted by Gasteiger charge is 2.95. The SMILES string of the molecule is COCC12[C@@H]3[C@H]4C([C@@H]5[C@@H]([C@H]43)[C@H]51)n1c(=O)n(-c3ccccc3)c(=O)n12. The molecule has 4 saturated carbocycles. The Balaban J connectivity index is 1.58. The van der Waals surface area contributed by atoms with Crippen LogP contribution in [0.15, 0.2) is 39.9 Å². The highest BCUT2D eigenvalue weighted by atomic mass is 16.5. The Morgan fingerprint density at radius 2 is 1.67 bits per heavy atom. The summed E-state index contributed by atoms with van der Waals surface area (Å²) >= 11 is 0. The van der Waals surface area contributed by atoms with Crippen molar-refractivity contribution in [3.05, 3.63) is 51.3 Å². The van der Waals surface area contributed by atoms with Gasteiger partial charge in [0.2, 0.25) is 0 Å². The number of benzene rings is 1. The van der Waals surface area contributed by atoms with Crippen molar-refractivity contribution in [2.24, 2.45) is 35.5 Å². The van der Waals surface area contributed by atoms with E-state index in [9.17, 15) is 9.59 Å². The normalized spacial score (nSPS) is 47.0. The molecule has 2 bridgehead atoms. The van der Waals surface area contributed by atoms with Crippen LogP contribution in [0.5, 0.6) is 0 Å². The lowest BCUT2D eigenvalue weighted by atomic mass is 9.77. The summed E-state index contributed by atoms with van der Waals surface area (Å²) < 4.78 is 10.6. The first-order valence-corrected chi connectivity index (χ1v) is 8.75. The van der Waals surface area contributed by atoms with Gasteiger partial charge in [0.05, 0.1) is 23.9 Å². The molecular formula is C18H17N3O3. The van der Waals surface area contributed by atoms with Gasteiger partial charge in [-0.15, -0.1) is 0 Å². The van der Waals surface area contributed by atoms with E-state index >= 15 is 0 Å². The molecule has 4 fully saturated rings. The van der Waals surface area contributed by atoms with Crippen molar-refractivity contribution in [3.8, 4) is 5.69 Å². The Hall–Kier alpha value is -2.08. The zero-order valence-electron chi connectivity index (χ0n) is 13.2. The second-order valence-electron chi connectivity index (χ2n) is 8.17. The monoisotopic (exact) mass is 323 g/mol. The summed E-state index contributed by atoms with van der Waals surface area (Å²) in [7, 11) is 1.71. The molecule has 6 nitrogen and oxygen atoms in total. The van der Waals surface area contributed by atoms with Crippen LogP contribution in [0.1, 0.15) is 6.04 Å². The van der Waals surface area contributed by atoms with Crippen LogP contribution in [-0.4, -0.2) is 27.6 Å². The first kappa shape index (κ1) is 12.3. The van der Waals surface area contributed by atoms with Crippen LogP contribution in [-0.2, 0) is 10.3 Å². The fourth-order valence-corrected chi connectivity index (χ4v) is 7.39. The number of rotatable bonds is 3. The number of para-hydroxylation sites is 1. The molecular weight excluding hydrogens is 306 g/mol. The Labute approximate surface area is 137 Å². The fraction of sp³-hybridized carbons (Fsp3) is 0.556. The predicted octanol–water partition coefficient (Wildman–Crippen LogP) is 0.449. The third-order valence-electron chi connectivity index (χ3n) is 7.70. The number of aromatic nitrogens is 3. The summed E-state index contributed by atoms with van der Waals surface area (Å²) in [5.74, 6) is 3.76. The smallest absolute Gasteiger partial charge is 0.352 e. The van der Waals surface area contributed by atoms with E-state index in [1.54, 1.807) is 7.11 Å². The van der Waals surface area contributed by atoms with Crippen LogP contribution in [0.3, 0.4) is 0 Å². The molecule has 8 rings (SSSR count). The van der Waals surface area contributed by atoms with Crippen LogP contribution in [0.4, 0.5) is 0 Å². The third-order valence-corrected chi connectivity index (χ3v) is 7.70. The summed E-state index contributed by atoms with van der Waals surface area (Å²) in [4.78, 5) is 26.5. The third kappa shape index (κ3) is 0.922. The second-order valence-corrected chi connectivity index (χ2v) is 8.17. The molecule has 2 unspecified atom stereocenters. The van der Waals surface area contributed by atoms with E-state index in [0.717, 1.165) is 11.8 Å². The lowest BCUT2D eigenvalue weighted by molar-refractivity contribution is -0.0381. The quantitative estimate of drug-likeness (QED) is 0.824. The van der Waals surface area contributed by atoms with Crippen molar-refractivity contribution in [2.45, 2.75) is 11.6 Å². The molecule has 0 saturated heterocycles. The Kier molecular flexibility index (Phi) is 1.71. The molecule has 6 heteroatoms. The lowest BCUT2D eigenvalue weighted by Gasteiger charge is -2.46. The number of nitrogens with zero attached hydrogens (tertiary/aromatic N) is 3. The second kappa shape index (κ2) is 3.33. The summed E-state index contributed by atoms with van der Waals surface area (Å²) in [6.07, 6.45) is 0. The molecule has 4 aliphatic carbocycles. The van der Waals surface area contributed by atoms with E-state index in [0.29, 0.717) is 36.0 Å². The fourth-order valence-electron chi connectivity index (χ4n) is 7.39. The van der Waals surface area contributed by atoms with E-state index in [1.165, 1.54) is 4.57 Å². The van der Waals surface area contributed by atoms with Crippen molar-refractivity contribution >= 4 is 0 Å². The predicted molar refractivity (Wildman–Crippen MR) is 84.1 cm³/mol. The highest BCUT2D eigenvalue weighted by Crippen LogP contribution is 2.93. The van der Waals surface area contributed by atoms with Gasteiger partial charge in [0.15, 0.2) is 0 Å². The maximum Gasteiger partial charge on any atom is 0.352 e. The minimum absolute atomic E-state index is 0.174. The molecule has 6 aliphatic rings. The molecule has 0 spiro atoms. The lowest BCUT2D eigenvalue weighted by Crippen LogP contribution is -2.59. The molecule has 0 amide bonds. The molecule has 122 valence electrons. The van der Waals surface area contributed by atoms with E-state index < -0.39 is 0 Å². The van der Waals surface area contributed by atoms with Gasteiger partial charge in [0.25, 0.3) is 0 Å². The summed E-state index contributed by atoms with van der Waals surface area (Å²) in [6, 6.07) is 9.52. The van der Waals surface area contributed by atoms with Gasteiger partial charge in [0, 0.05) is 7.11 Å². The average Bonchev–Trinajstić information content (AvgIpc) is 3.42. The minimum Gasteiger partial charge on any atom is -0.382 e. The number of hydrogen-bond donors (Lipinski definition) is 0. The number of hydrogen-bond acceptors (Lipinski definition) is 3. The van der Waals surface area contributed by atoms with Crippen LogP contribution < -0.4 is 11.4 Å². The van der Waals surface area contributed by atoms with Crippen molar-refractivity contribution in [3.63, 3.8) is 0 Å². The number of ether oxygens (including phenoxy) is 1. The van der Waals surface area contributed by atoms with E-state index in [1.807, 2.05) is 39.7 Å². The van der Waals surface area contributed by atoms with E-state index in [2.05, 4.69) is 0 Å². The van der Waals surface area contributed by atoms with Gasteiger partial charge in [-0.25, -0.2) is 23.5 Å². The van der Waals surface area contributed by atoms with Gasteiger partial charge in [0.1, 0.15) is 0 Å². The Morgan fingerprint density at radius 3 is 2.29 bits per heavy atom. The van der Waals surface area contributed by atoms with Crippen molar-refractivity contribution in [2.75, 3.05) is 13.7 Å². The zero-order valence-corrected chi connectivity index (χ0v) is 13.2. The maximum absolute atomic E-state index is 13.3. The number of methoxy groups -OCH3 is 1. The summed E-state index contributed by atoms with van der Waals surface area (Å²) in [6.45, 7) is 0.549. The van der Waals surface area contributed by atoms with Crippen molar-refractivity contribution < 1.29 is 4.74 Å². The standard InChI is InChI=1S/C18H17N3O3/c1-24-7-18-13-9-10-12(14(10)18)15(11(9)13)20-16(22)19(17(23)21(18)20)8-5-3-2-4-6-8/h2-6,9-15H,7H2,1H3/t9-,10-,11-,12+,13-,14+,15?,18?/m1/s1. The van der Waals surface area contributed by atoms with Gasteiger partial charge in [-0.1, -0.05) is 18.2 Å². The Morgan fingerprint density at radius 1 is 1.00 bits per heavy atom. The first-order valence-electron chi connectivity index (χ1n) is 8.75. The van der Waals surface area contributed by atoms with Gasteiger partial charge < -0.3 is 4.74 Å². The molecule has 2 aliphatic heterocycles. The summed E-state index contributed by atoms with van der Waals surface area (Å²) in [5, 5.41) is 0. The molecule has 0 radical (unpaired) electrons. The first-order chi connectivity index (χ1) is 11.7. The van der Waals surface area contributed by atoms with Gasteiger partial charge in [-0.3, -0.25) is 0 Å². The molecule has 0 N–H and O–H groups in total. The molecule has 8 atom stereocenters. The largest absolute Gasteiger partial charge is 0.382 e. The van der Waals surface area contributed by atoms with Crippen LogP contribution >= 0.6 is 0 Å². The van der Waals surface area contributed by atoms with Crippen LogP contribution in [0.25, 0.3) is 5.69 Å². The maximum atomic E-state index is 13.3. The highest BCUT2D eigenvalue weighted by molar-refractivity contribution is 5.42. The molecule has 24 heavy (non-hydrogen) atoms. The molecule has 1 aromatic carbocycles.